The van der Waals surface area contributed by atoms with Gasteiger partial charge < -0.3 is 5.73 Å². The molecule has 0 unspecified atom stereocenters. The van der Waals surface area contributed by atoms with Gasteiger partial charge in [0.2, 0.25) is 0 Å². The molecule has 0 heterocycles. The fourth-order valence-electron chi connectivity index (χ4n) is 3.13. The third-order valence-electron chi connectivity index (χ3n) is 4.73. The fraction of sp³-hybridized carbons (Fsp3) is 0.0370. The topological polar surface area (TPSA) is 50.7 Å². The molecule has 0 saturated carbocycles. The molecule has 0 fully saturated rings. The lowest BCUT2D eigenvalue weighted by molar-refractivity contribution is 1.43. The third kappa shape index (κ3) is 4.70. The molecule has 4 aromatic carbocycles. The number of benzene rings is 4. The van der Waals surface area contributed by atoms with Crippen LogP contribution in [0.1, 0.15) is 16.7 Å². The number of nitrogens with zero attached hydrogens (tertiary/aromatic N) is 2. The lowest BCUT2D eigenvalue weighted by atomic mass is 9.99. The van der Waals surface area contributed by atoms with Gasteiger partial charge in [0.15, 0.2) is 0 Å². The summed E-state index contributed by atoms with van der Waals surface area (Å²) in [6.45, 7) is 2.07. The average Bonchev–Trinajstić information content (AvgIpc) is 2.80. The molecule has 30 heavy (non-hydrogen) atoms. The summed E-state index contributed by atoms with van der Waals surface area (Å²) in [5.41, 5.74) is 13.1. The van der Waals surface area contributed by atoms with Gasteiger partial charge in [-0.15, -0.1) is 0 Å². The number of nitrogens with two attached hydrogens (primary N) is 1. The molecule has 0 aliphatic carbocycles. The van der Waals surface area contributed by atoms with E-state index in [1.807, 2.05) is 72.8 Å². The van der Waals surface area contributed by atoms with Crippen molar-refractivity contribution in [2.45, 2.75) is 6.92 Å². The molecule has 0 radical (unpaired) electrons. The Morgan fingerprint density at radius 1 is 0.533 bits per heavy atom. The molecule has 0 aliphatic heterocycles. The van der Waals surface area contributed by atoms with Crippen molar-refractivity contribution in [1.82, 2.24) is 0 Å². The van der Waals surface area contributed by atoms with E-state index < -0.39 is 0 Å². The number of hydrogen-bond donors (Lipinski definition) is 1. The van der Waals surface area contributed by atoms with E-state index in [2.05, 4.69) is 43.3 Å². The second-order valence-corrected chi connectivity index (χ2v) is 7.08. The van der Waals surface area contributed by atoms with Crippen LogP contribution in [0, 0.1) is 6.92 Å². The molecule has 0 atom stereocenters. The summed E-state index contributed by atoms with van der Waals surface area (Å²) in [5, 5.41) is 0. The van der Waals surface area contributed by atoms with Gasteiger partial charge in [-0.1, -0.05) is 78.4 Å². The van der Waals surface area contributed by atoms with Crippen LogP contribution in [0.4, 0.5) is 17.1 Å². The number of aliphatic imine (C=N–C) groups is 2. The van der Waals surface area contributed by atoms with Crippen molar-refractivity contribution in [3.63, 3.8) is 0 Å². The Morgan fingerprint density at radius 2 is 0.933 bits per heavy atom. The number of nitrogen functional groups attached to an aromatic ring is 1. The van der Waals surface area contributed by atoms with Crippen LogP contribution >= 0.6 is 0 Å². The molecule has 0 bridgehead atoms. The van der Waals surface area contributed by atoms with Crippen LogP contribution in [0.5, 0.6) is 0 Å². The SMILES string of the molecule is Cc1ccc(N=C(C(=Nc2ccc(N)cc2)c2ccccc2)c2ccccc2)cc1. The fourth-order valence-corrected chi connectivity index (χ4v) is 3.13. The third-order valence-corrected chi connectivity index (χ3v) is 4.73. The summed E-state index contributed by atoms with van der Waals surface area (Å²) >= 11 is 0. The number of anilines is 1. The van der Waals surface area contributed by atoms with Gasteiger partial charge >= 0.3 is 0 Å². The van der Waals surface area contributed by atoms with Crippen molar-refractivity contribution in [2.24, 2.45) is 9.98 Å². The van der Waals surface area contributed by atoms with Crippen molar-refractivity contribution < 1.29 is 0 Å². The summed E-state index contributed by atoms with van der Waals surface area (Å²) in [5.74, 6) is 0. The zero-order valence-electron chi connectivity index (χ0n) is 16.9. The standard InChI is InChI=1S/C27H23N3/c1-20-12-16-24(17-13-20)29-26(21-8-4-2-5-9-21)27(22-10-6-3-7-11-22)30-25-18-14-23(28)15-19-25/h2-19H,28H2,1H3. The number of aryl methyl sites for hydroxylation is 1. The maximum atomic E-state index is 5.86. The maximum Gasteiger partial charge on any atom is 0.0972 e. The van der Waals surface area contributed by atoms with Crippen LogP contribution in [0.25, 0.3) is 0 Å². The monoisotopic (exact) mass is 389 g/mol. The van der Waals surface area contributed by atoms with Crippen molar-refractivity contribution >= 4 is 28.5 Å². The van der Waals surface area contributed by atoms with Crippen LogP contribution in [-0.4, -0.2) is 11.4 Å². The van der Waals surface area contributed by atoms with E-state index in [4.69, 9.17) is 15.7 Å². The van der Waals surface area contributed by atoms with Crippen molar-refractivity contribution in [1.29, 1.82) is 0 Å². The molecule has 0 aliphatic rings. The number of rotatable bonds is 5. The van der Waals surface area contributed by atoms with Gasteiger partial charge in [0.1, 0.15) is 0 Å². The predicted octanol–water partition coefficient (Wildman–Crippen LogP) is 6.52. The van der Waals surface area contributed by atoms with Crippen molar-refractivity contribution in [3.8, 4) is 0 Å². The molecular formula is C27H23N3. The first-order valence-electron chi connectivity index (χ1n) is 9.90. The molecule has 0 spiro atoms. The summed E-state index contributed by atoms with van der Waals surface area (Å²) in [6, 6.07) is 36.1. The summed E-state index contributed by atoms with van der Waals surface area (Å²) < 4.78 is 0. The first-order valence-corrected chi connectivity index (χ1v) is 9.90. The second kappa shape index (κ2) is 9.01. The average molecular weight is 390 g/mol. The Bertz CT molecular complexity index is 1060. The lowest BCUT2D eigenvalue weighted by Crippen LogP contribution is -2.17. The highest BCUT2D eigenvalue weighted by atomic mass is 14.8. The van der Waals surface area contributed by atoms with E-state index in [-0.39, 0.29) is 0 Å². The Kier molecular flexibility index (Phi) is 5.81. The highest BCUT2D eigenvalue weighted by Gasteiger charge is 2.15. The van der Waals surface area contributed by atoms with Crippen molar-refractivity contribution in [3.05, 3.63) is 126 Å². The van der Waals surface area contributed by atoms with Crippen LogP contribution in [0.2, 0.25) is 0 Å². The van der Waals surface area contributed by atoms with Gasteiger partial charge in [-0.25, -0.2) is 9.98 Å². The largest absolute Gasteiger partial charge is 0.399 e. The van der Waals surface area contributed by atoms with Gasteiger partial charge in [-0.2, -0.15) is 0 Å². The van der Waals surface area contributed by atoms with Gasteiger partial charge in [-0.3, -0.25) is 0 Å². The zero-order chi connectivity index (χ0) is 20.8. The first-order chi connectivity index (χ1) is 14.7. The molecule has 4 rings (SSSR count). The quantitative estimate of drug-likeness (QED) is 0.307. The van der Waals surface area contributed by atoms with E-state index in [0.717, 1.165) is 33.9 Å². The minimum absolute atomic E-state index is 0.715. The first kappa shape index (κ1) is 19.3. The van der Waals surface area contributed by atoms with Crippen LogP contribution in [0.3, 0.4) is 0 Å². The second-order valence-electron chi connectivity index (χ2n) is 7.08. The van der Waals surface area contributed by atoms with Crippen LogP contribution in [0.15, 0.2) is 119 Å². The highest BCUT2D eigenvalue weighted by molar-refractivity contribution is 6.54. The van der Waals surface area contributed by atoms with E-state index >= 15 is 0 Å². The van der Waals surface area contributed by atoms with Gasteiger partial charge in [-0.05, 0) is 43.3 Å². The molecule has 0 amide bonds. The molecule has 3 heteroatoms. The van der Waals surface area contributed by atoms with Gasteiger partial charge in [0.25, 0.3) is 0 Å². The van der Waals surface area contributed by atoms with E-state index in [1.54, 1.807) is 0 Å². The summed E-state index contributed by atoms with van der Waals surface area (Å²) in [4.78, 5) is 10.0. The molecule has 4 aromatic rings. The number of hydrogen-bond acceptors (Lipinski definition) is 3. The Labute approximate surface area is 177 Å². The Hall–Kier alpha value is -3.98. The molecule has 146 valence electrons. The lowest BCUT2D eigenvalue weighted by Gasteiger charge is -2.12. The smallest absolute Gasteiger partial charge is 0.0972 e. The maximum absolute atomic E-state index is 5.86. The molecule has 2 N–H and O–H groups in total. The normalized spacial score (nSPS) is 12.0. The van der Waals surface area contributed by atoms with Crippen molar-refractivity contribution in [2.75, 3.05) is 5.73 Å². The summed E-state index contributed by atoms with van der Waals surface area (Å²) in [7, 11) is 0. The minimum Gasteiger partial charge on any atom is -0.399 e. The Balaban J connectivity index is 1.93. The van der Waals surface area contributed by atoms with E-state index in [1.165, 1.54) is 5.56 Å². The Morgan fingerprint density at radius 3 is 1.37 bits per heavy atom. The summed E-state index contributed by atoms with van der Waals surface area (Å²) in [6.07, 6.45) is 0. The van der Waals surface area contributed by atoms with Crippen LogP contribution in [-0.2, 0) is 0 Å². The molecule has 0 aromatic heterocycles. The molecular weight excluding hydrogens is 366 g/mol. The highest BCUT2D eigenvalue weighted by Crippen LogP contribution is 2.21. The van der Waals surface area contributed by atoms with Crippen LogP contribution < -0.4 is 5.73 Å². The van der Waals surface area contributed by atoms with E-state index in [0.29, 0.717) is 5.69 Å². The van der Waals surface area contributed by atoms with Gasteiger partial charge in [0, 0.05) is 16.8 Å². The molecule has 0 saturated heterocycles. The predicted molar refractivity (Wildman–Crippen MR) is 127 cm³/mol. The van der Waals surface area contributed by atoms with E-state index in [9.17, 15) is 0 Å². The minimum atomic E-state index is 0.715. The molecule has 3 nitrogen and oxygen atoms in total. The zero-order valence-corrected chi connectivity index (χ0v) is 16.9. The van der Waals surface area contributed by atoms with Gasteiger partial charge in [0.05, 0.1) is 22.8 Å².